The van der Waals surface area contributed by atoms with Gasteiger partial charge in [-0.2, -0.15) is 0 Å². The molecular formula is C25H29NO3. The van der Waals surface area contributed by atoms with Crippen molar-refractivity contribution in [2.45, 2.75) is 52.4 Å². The zero-order chi connectivity index (χ0) is 20.9. The highest BCUT2D eigenvalue weighted by molar-refractivity contribution is 6.12. The number of unbranched alkanes of at least 4 members (excludes halogenated alkanes) is 2. The van der Waals surface area contributed by atoms with Gasteiger partial charge in [-0.05, 0) is 41.7 Å². The van der Waals surface area contributed by atoms with Gasteiger partial charge >= 0.3 is 5.97 Å². The fraction of sp³-hybridized carbons (Fsp3) is 0.360. The van der Waals surface area contributed by atoms with Gasteiger partial charge < -0.3 is 9.47 Å². The van der Waals surface area contributed by atoms with Crippen molar-refractivity contribution in [3.63, 3.8) is 0 Å². The summed E-state index contributed by atoms with van der Waals surface area (Å²) in [6.45, 7) is 9.32. The van der Waals surface area contributed by atoms with Gasteiger partial charge in [0.2, 0.25) is 5.90 Å². The molecule has 2 aromatic rings. The Kier molecular flexibility index (Phi) is 6.53. The van der Waals surface area contributed by atoms with Crippen LogP contribution < -0.4 is 4.74 Å². The van der Waals surface area contributed by atoms with Crippen LogP contribution in [0.25, 0.3) is 6.08 Å². The Morgan fingerprint density at radius 2 is 1.76 bits per heavy atom. The van der Waals surface area contributed by atoms with Gasteiger partial charge in [0.1, 0.15) is 5.75 Å². The minimum atomic E-state index is -0.444. The predicted octanol–water partition coefficient (Wildman–Crippen LogP) is 5.90. The number of hydrogen-bond donors (Lipinski definition) is 0. The zero-order valence-corrected chi connectivity index (χ0v) is 17.7. The molecule has 1 aliphatic rings. The minimum absolute atomic E-state index is 0.0680. The smallest absolute Gasteiger partial charge is 0.363 e. The highest BCUT2D eigenvalue weighted by atomic mass is 16.6. The van der Waals surface area contributed by atoms with Gasteiger partial charge in [-0.3, -0.25) is 0 Å². The van der Waals surface area contributed by atoms with E-state index in [1.54, 1.807) is 6.08 Å². The van der Waals surface area contributed by atoms with E-state index in [1.807, 2.05) is 48.5 Å². The first-order valence-corrected chi connectivity index (χ1v) is 10.2. The van der Waals surface area contributed by atoms with Crippen LogP contribution in [0.15, 0.2) is 59.2 Å². The second-order valence-corrected chi connectivity index (χ2v) is 8.26. The molecule has 4 nitrogen and oxygen atoms in total. The quantitative estimate of drug-likeness (QED) is 0.335. The second-order valence-electron chi connectivity index (χ2n) is 8.26. The SMILES string of the molecule is CCCCCOc1ccccc1C=C1N=C(c2ccc(C(C)(C)C)cc2)OC1=O. The van der Waals surface area contributed by atoms with Crippen molar-refractivity contribution in [3.05, 3.63) is 70.9 Å². The van der Waals surface area contributed by atoms with E-state index in [2.05, 4.69) is 32.7 Å². The third kappa shape index (κ3) is 5.35. The molecule has 29 heavy (non-hydrogen) atoms. The number of cyclic esters (lactones) is 1. The van der Waals surface area contributed by atoms with Crippen LogP contribution in [-0.2, 0) is 14.9 Å². The summed E-state index contributed by atoms with van der Waals surface area (Å²) < 4.78 is 11.3. The lowest BCUT2D eigenvalue weighted by molar-refractivity contribution is -0.129. The lowest BCUT2D eigenvalue weighted by atomic mass is 9.87. The molecular weight excluding hydrogens is 362 g/mol. The molecule has 0 bridgehead atoms. The molecule has 0 aromatic heterocycles. The molecule has 0 saturated heterocycles. The summed E-state index contributed by atoms with van der Waals surface area (Å²) in [5.74, 6) is 0.644. The lowest BCUT2D eigenvalue weighted by Crippen LogP contribution is -2.11. The molecule has 0 fully saturated rings. The topological polar surface area (TPSA) is 47.9 Å². The minimum Gasteiger partial charge on any atom is -0.493 e. The van der Waals surface area contributed by atoms with E-state index < -0.39 is 5.97 Å². The first-order chi connectivity index (χ1) is 13.9. The fourth-order valence-corrected chi connectivity index (χ4v) is 3.06. The Morgan fingerprint density at radius 1 is 1.03 bits per heavy atom. The van der Waals surface area contributed by atoms with E-state index in [1.165, 1.54) is 5.56 Å². The Bertz CT molecular complexity index is 918. The lowest BCUT2D eigenvalue weighted by Gasteiger charge is -2.18. The van der Waals surface area contributed by atoms with Gasteiger partial charge in [-0.25, -0.2) is 9.79 Å². The van der Waals surface area contributed by atoms with Crippen LogP contribution in [0.4, 0.5) is 0 Å². The molecule has 2 aromatic carbocycles. The molecule has 0 N–H and O–H groups in total. The molecule has 4 heteroatoms. The van der Waals surface area contributed by atoms with Crippen LogP contribution in [0.1, 0.15) is 63.6 Å². The summed E-state index contributed by atoms with van der Waals surface area (Å²) in [6, 6.07) is 15.7. The number of carbonyl (C=O) groups is 1. The standard InChI is InChI=1S/C25H29NO3/c1-5-6-9-16-28-22-11-8-7-10-19(22)17-21-24(27)29-23(26-21)18-12-14-20(15-13-18)25(2,3)4/h7-8,10-15,17H,5-6,9,16H2,1-4H3. The molecule has 0 aliphatic carbocycles. The van der Waals surface area contributed by atoms with Crippen molar-refractivity contribution < 1.29 is 14.3 Å². The number of para-hydroxylation sites is 1. The summed E-state index contributed by atoms with van der Waals surface area (Å²) in [5.41, 5.74) is 3.18. The van der Waals surface area contributed by atoms with E-state index in [9.17, 15) is 4.79 Å². The number of nitrogens with zero attached hydrogens (tertiary/aromatic N) is 1. The molecule has 1 heterocycles. The van der Waals surface area contributed by atoms with Gasteiger partial charge in [0.25, 0.3) is 0 Å². The van der Waals surface area contributed by atoms with Crippen molar-refractivity contribution in [1.29, 1.82) is 0 Å². The first-order valence-electron chi connectivity index (χ1n) is 10.2. The molecule has 3 rings (SSSR count). The van der Waals surface area contributed by atoms with E-state index in [0.717, 1.165) is 36.1 Å². The van der Waals surface area contributed by atoms with Crippen LogP contribution in [0.2, 0.25) is 0 Å². The molecule has 0 saturated carbocycles. The maximum absolute atomic E-state index is 12.4. The van der Waals surface area contributed by atoms with Crippen molar-refractivity contribution in [3.8, 4) is 5.75 Å². The largest absolute Gasteiger partial charge is 0.493 e. The number of ether oxygens (including phenoxy) is 2. The number of hydrogen-bond acceptors (Lipinski definition) is 4. The summed E-state index contributed by atoms with van der Waals surface area (Å²) in [6.07, 6.45) is 5.02. The molecule has 0 amide bonds. The number of aliphatic imine (C=N–C) groups is 1. The highest BCUT2D eigenvalue weighted by Crippen LogP contribution is 2.26. The first kappa shape index (κ1) is 20.8. The molecule has 152 valence electrons. The summed E-state index contributed by atoms with van der Waals surface area (Å²) in [4.78, 5) is 16.8. The molecule has 1 aliphatic heterocycles. The third-order valence-electron chi connectivity index (χ3n) is 4.84. The van der Waals surface area contributed by atoms with Gasteiger partial charge in [-0.1, -0.05) is 70.9 Å². The molecule has 0 radical (unpaired) electrons. The van der Waals surface area contributed by atoms with E-state index in [-0.39, 0.29) is 11.1 Å². The van der Waals surface area contributed by atoms with Crippen molar-refractivity contribution in [2.24, 2.45) is 4.99 Å². The van der Waals surface area contributed by atoms with Gasteiger partial charge in [0.05, 0.1) is 6.61 Å². The normalized spacial score (nSPS) is 15.4. The van der Waals surface area contributed by atoms with Crippen molar-refractivity contribution in [2.75, 3.05) is 6.61 Å². The number of rotatable bonds is 7. The summed E-state index contributed by atoms with van der Waals surface area (Å²) >= 11 is 0. The van der Waals surface area contributed by atoms with Gasteiger partial charge in [0.15, 0.2) is 5.70 Å². The monoisotopic (exact) mass is 391 g/mol. The average Bonchev–Trinajstić information content (AvgIpc) is 3.06. The van der Waals surface area contributed by atoms with Crippen molar-refractivity contribution in [1.82, 2.24) is 0 Å². The van der Waals surface area contributed by atoms with Crippen LogP contribution >= 0.6 is 0 Å². The fourth-order valence-electron chi connectivity index (χ4n) is 3.06. The van der Waals surface area contributed by atoms with Crippen LogP contribution in [-0.4, -0.2) is 18.5 Å². The van der Waals surface area contributed by atoms with Crippen LogP contribution in [0, 0.1) is 0 Å². The molecule has 0 atom stereocenters. The van der Waals surface area contributed by atoms with Gasteiger partial charge in [0, 0.05) is 11.1 Å². The Hall–Kier alpha value is -2.88. The van der Waals surface area contributed by atoms with E-state index >= 15 is 0 Å². The van der Waals surface area contributed by atoms with Crippen molar-refractivity contribution >= 4 is 17.9 Å². The number of benzene rings is 2. The van der Waals surface area contributed by atoms with Gasteiger partial charge in [-0.15, -0.1) is 0 Å². The number of esters is 1. The van der Waals surface area contributed by atoms with Crippen LogP contribution in [0.5, 0.6) is 5.75 Å². The highest BCUT2D eigenvalue weighted by Gasteiger charge is 2.25. The predicted molar refractivity (Wildman–Crippen MR) is 117 cm³/mol. The molecule has 0 spiro atoms. The Balaban J connectivity index is 1.80. The Labute approximate surface area is 173 Å². The maximum atomic E-state index is 12.4. The number of carbonyl (C=O) groups excluding carboxylic acids is 1. The van der Waals surface area contributed by atoms with Crippen LogP contribution in [0.3, 0.4) is 0 Å². The Morgan fingerprint density at radius 3 is 2.45 bits per heavy atom. The van der Waals surface area contributed by atoms with E-state index in [4.69, 9.17) is 9.47 Å². The second kappa shape index (κ2) is 9.08. The summed E-state index contributed by atoms with van der Waals surface area (Å²) in [5, 5.41) is 0. The molecule has 0 unspecified atom stereocenters. The zero-order valence-electron chi connectivity index (χ0n) is 17.7. The van der Waals surface area contributed by atoms with E-state index in [0.29, 0.717) is 12.5 Å². The third-order valence-corrected chi connectivity index (χ3v) is 4.84. The summed E-state index contributed by atoms with van der Waals surface area (Å²) in [7, 11) is 0. The maximum Gasteiger partial charge on any atom is 0.363 e. The average molecular weight is 392 g/mol.